The minimum absolute atomic E-state index is 0.0733. The molecule has 2 unspecified atom stereocenters. The number of benzene rings is 1. The zero-order valence-corrected chi connectivity index (χ0v) is 25.0. The normalized spacial score (nSPS) is 15.7. The van der Waals surface area contributed by atoms with Crippen molar-refractivity contribution >= 4 is 34.0 Å². The summed E-state index contributed by atoms with van der Waals surface area (Å²) in [5.74, 6) is 2.07. The number of aromatic nitrogens is 3. The molecule has 0 spiro atoms. The van der Waals surface area contributed by atoms with E-state index in [0.29, 0.717) is 34.0 Å². The van der Waals surface area contributed by atoms with Gasteiger partial charge in [-0.2, -0.15) is 5.26 Å². The predicted octanol–water partition coefficient (Wildman–Crippen LogP) is 7.08. The Morgan fingerprint density at radius 3 is 2.74 bits per heavy atom. The quantitative estimate of drug-likeness (QED) is 0.209. The number of hydrogen-bond acceptors (Lipinski definition) is 7. The van der Waals surface area contributed by atoms with E-state index in [9.17, 15) is 10.1 Å². The van der Waals surface area contributed by atoms with Crippen molar-refractivity contribution in [2.45, 2.75) is 83.5 Å². The first-order valence-corrected chi connectivity index (χ1v) is 15.2. The largest absolute Gasteiger partial charge is 0.483 e. The molecule has 0 saturated heterocycles. The number of amides is 1. The van der Waals surface area contributed by atoms with Crippen molar-refractivity contribution in [1.29, 1.82) is 5.26 Å². The summed E-state index contributed by atoms with van der Waals surface area (Å²) in [6, 6.07) is 10.4. The van der Waals surface area contributed by atoms with Gasteiger partial charge in [0, 0.05) is 11.4 Å². The molecule has 4 rings (SSSR count). The number of allylic oxidation sites excluding steroid dienone is 1. The van der Waals surface area contributed by atoms with Gasteiger partial charge in [-0.25, -0.2) is 0 Å². The van der Waals surface area contributed by atoms with Crippen LogP contribution in [0.3, 0.4) is 0 Å². The van der Waals surface area contributed by atoms with Gasteiger partial charge in [0.2, 0.25) is 5.91 Å². The van der Waals surface area contributed by atoms with Gasteiger partial charge in [-0.1, -0.05) is 64.1 Å². The highest BCUT2D eigenvalue weighted by Crippen LogP contribution is 2.40. The van der Waals surface area contributed by atoms with Crippen molar-refractivity contribution in [1.82, 2.24) is 14.8 Å². The Morgan fingerprint density at radius 2 is 2.10 bits per heavy atom. The fourth-order valence-electron chi connectivity index (χ4n) is 4.80. The lowest BCUT2D eigenvalue weighted by atomic mass is 9.86. The van der Waals surface area contributed by atoms with Gasteiger partial charge < -0.3 is 10.1 Å². The predicted molar refractivity (Wildman–Crippen MR) is 159 cm³/mol. The van der Waals surface area contributed by atoms with Crippen LogP contribution in [-0.4, -0.2) is 26.4 Å². The second-order valence-corrected chi connectivity index (χ2v) is 13.0. The molecule has 1 amide bonds. The maximum absolute atomic E-state index is 12.9. The molecule has 1 aliphatic carbocycles. The molecule has 1 N–H and O–H groups in total. The molecule has 1 aliphatic rings. The molecule has 7 nitrogen and oxygen atoms in total. The molecule has 39 heavy (non-hydrogen) atoms. The highest BCUT2D eigenvalue weighted by atomic mass is 32.2. The van der Waals surface area contributed by atoms with Gasteiger partial charge >= 0.3 is 0 Å². The van der Waals surface area contributed by atoms with Crippen LogP contribution < -0.4 is 10.1 Å². The number of anilines is 1. The summed E-state index contributed by atoms with van der Waals surface area (Å²) >= 11 is 2.86. The molecule has 9 heteroatoms. The van der Waals surface area contributed by atoms with Crippen LogP contribution >= 0.6 is 23.1 Å². The molecule has 2 atom stereocenters. The van der Waals surface area contributed by atoms with Gasteiger partial charge in [0.1, 0.15) is 16.8 Å². The third-order valence-corrected chi connectivity index (χ3v) is 9.23. The van der Waals surface area contributed by atoms with Crippen LogP contribution in [0.25, 0.3) is 0 Å². The first kappa shape index (κ1) is 28.9. The fraction of sp³-hybridized carbons (Fsp3) is 0.467. The second kappa shape index (κ2) is 12.4. The first-order valence-electron chi connectivity index (χ1n) is 13.4. The molecule has 0 radical (unpaired) electrons. The van der Waals surface area contributed by atoms with Crippen LogP contribution in [0.1, 0.15) is 81.0 Å². The van der Waals surface area contributed by atoms with E-state index in [-0.39, 0.29) is 23.2 Å². The minimum Gasteiger partial charge on any atom is -0.483 e. The second-order valence-electron chi connectivity index (χ2n) is 10.9. The van der Waals surface area contributed by atoms with Gasteiger partial charge in [0.25, 0.3) is 0 Å². The number of nitrogens with one attached hydrogen (secondary N) is 1. The minimum atomic E-state index is -0.344. The third kappa shape index (κ3) is 6.74. The number of ether oxygens (including phenoxy) is 1. The van der Waals surface area contributed by atoms with Crippen LogP contribution in [0.5, 0.6) is 5.75 Å². The van der Waals surface area contributed by atoms with Crippen molar-refractivity contribution < 1.29 is 9.53 Å². The fourth-order valence-corrected chi connectivity index (χ4v) is 6.88. The van der Waals surface area contributed by atoms with E-state index >= 15 is 0 Å². The standard InChI is InChI=1S/C30H37N5O2S2/c1-7-15-35-27(19(3)37-22-12-10-21(11-13-22)30(4,5)6)33-34-29(35)38-18-26(36)32-28-24(17-31)23-14-9-20(8-2)16-25(23)39-28/h7,10-13,19-20H,1,8-9,14-16,18H2,2-6H3,(H,32,36). The molecule has 3 aromatic rings. The summed E-state index contributed by atoms with van der Waals surface area (Å²) in [7, 11) is 0. The lowest BCUT2D eigenvalue weighted by molar-refractivity contribution is -0.113. The summed E-state index contributed by atoms with van der Waals surface area (Å²) in [6.45, 7) is 15.1. The smallest absolute Gasteiger partial charge is 0.235 e. The van der Waals surface area contributed by atoms with Crippen molar-refractivity contribution in [3.8, 4) is 11.8 Å². The lowest BCUT2D eigenvalue weighted by Crippen LogP contribution is -2.16. The van der Waals surface area contributed by atoms with Gasteiger partial charge in [-0.15, -0.1) is 28.1 Å². The van der Waals surface area contributed by atoms with E-state index < -0.39 is 0 Å². The van der Waals surface area contributed by atoms with Gasteiger partial charge in [-0.3, -0.25) is 9.36 Å². The van der Waals surface area contributed by atoms with Gasteiger partial charge in [-0.05, 0) is 60.8 Å². The number of thioether (sulfide) groups is 1. The number of nitrogens with zero attached hydrogens (tertiary/aromatic N) is 4. The van der Waals surface area contributed by atoms with Crippen molar-refractivity contribution in [3.63, 3.8) is 0 Å². The maximum atomic E-state index is 12.9. The number of fused-ring (bicyclic) bond motifs is 1. The van der Waals surface area contributed by atoms with E-state index in [1.54, 1.807) is 17.4 Å². The van der Waals surface area contributed by atoms with E-state index in [4.69, 9.17) is 4.74 Å². The SMILES string of the molecule is C=CCn1c(SCC(=O)Nc2sc3c(c2C#N)CCC(CC)C3)nnc1C(C)Oc1ccc(C(C)(C)C)cc1. The number of thiophene rings is 1. The first-order chi connectivity index (χ1) is 18.6. The molecule has 2 heterocycles. The van der Waals surface area contributed by atoms with E-state index in [2.05, 4.69) is 68.0 Å². The van der Waals surface area contributed by atoms with Crippen LogP contribution in [0.4, 0.5) is 5.00 Å². The monoisotopic (exact) mass is 563 g/mol. The molecule has 2 aromatic heterocycles. The molecule has 1 aromatic carbocycles. The molecule has 0 saturated carbocycles. The van der Waals surface area contributed by atoms with Crippen LogP contribution in [0, 0.1) is 17.2 Å². The van der Waals surface area contributed by atoms with Crippen molar-refractivity contribution in [3.05, 3.63) is 64.3 Å². The Kier molecular flexibility index (Phi) is 9.19. The Morgan fingerprint density at radius 1 is 1.36 bits per heavy atom. The zero-order valence-electron chi connectivity index (χ0n) is 23.4. The summed E-state index contributed by atoms with van der Waals surface area (Å²) in [5.41, 5.74) is 3.06. The van der Waals surface area contributed by atoms with E-state index in [1.165, 1.54) is 22.2 Å². The Labute approximate surface area is 239 Å². The molecular formula is C30H37N5O2S2. The number of carbonyl (C=O) groups is 1. The van der Waals surface area contributed by atoms with Gasteiger partial charge in [0.15, 0.2) is 17.1 Å². The third-order valence-electron chi connectivity index (χ3n) is 7.10. The summed E-state index contributed by atoms with van der Waals surface area (Å²) in [4.78, 5) is 14.1. The average molecular weight is 564 g/mol. The summed E-state index contributed by atoms with van der Waals surface area (Å²) < 4.78 is 8.10. The molecule has 0 fully saturated rings. The number of carbonyl (C=O) groups excluding carboxylic acids is 1. The average Bonchev–Trinajstić information content (AvgIpc) is 3.47. The Balaban J connectivity index is 1.42. The highest BCUT2D eigenvalue weighted by molar-refractivity contribution is 7.99. The van der Waals surface area contributed by atoms with Gasteiger partial charge in [0.05, 0.1) is 11.3 Å². The van der Waals surface area contributed by atoms with Crippen molar-refractivity contribution in [2.75, 3.05) is 11.1 Å². The number of nitriles is 1. The van der Waals surface area contributed by atoms with E-state index in [0.717, 1.165) is 37.0 Å². The number of rotatable bonds is 10. The molecule has 0 bridgehead atoms. The lowest BCUT2D eigenvalue weighted by Gasteiger charge is -2.20. The van der Waals surface area contributed by atoms with Crippen LogP contribution in [0.2, 0.25) is 0 Å². The topological polar surface area (TPSA) is 92.8 Å². The van der Waals surface area contributed by atoms with Crippen molar-refractivity contribution in [2.24, 2.45) is 5.92 Å². The summed E-state index contributed by atoms with van der Waals surface area (Å²) in [5, 5.41) is 22.8. The Hall–Kier alpha value is -3.09. The zero-order chi connectivity index (χ0) is 28.2. The van der Waals surface area contributed by atoms with Crippen LogP contribution in [-0.2, 0) is 29.6 Å². The van der Waals surface area contributed by atoms with E-state index in [1.807, 2.05) is 23.6 Å². The Bertz CT molecular complexity index is 1360. The highest BCUT2D eigenvalue weighted by Gasteiger charge is 2.26. The number of hydrogen-bond donors (Lipinski definition) is 1. The summed E-state index contributed by atoms with van der Waals surface area (Å²) in [6.07, 6.45) is 5.57. The molecule has 206 valence electrons. The van der Waals surface area contributed by atoms with Crippen LogP contribution in [0.15, 0.2) is 42.1 Å². The molecule has 0 aliphatic heterocycles. The molecular weight excluding hydrogens is 526 g/mol. The maximum Gasteiger partial charge on any atom is 0.235 e.